The van der Waals surface area contributed by atoms with Crippen LogP contribution in [0.2, 0.25) is 0 Å². The molecule has 3 aliphatic rings. The molecule has 2 saturated carbocycles. The zero-order chi connectivity index (χ0) is 25.6. The molecule has 2 heterocycles. The number of allylic oxidation sites excluding steroid dienone is 1. The van der Waals surface area contributed by atoms with Gasteiger partial charge >= 0.3 is 0 Å². The number of amides is 1. The molecule has 1 atom stereocenters. The lowest BCUT2D eigenvalue weighted by Crippen LogP contribution is -2.28. The van der Waals surface area contributed by atoms with E-state index in [1.54, 1.807) is 24.3 Å². The van der Waals surface area contributed by atoms with Crippen molar-refractivity contribution in [3.63, 3.8) is 0 Å². The fraction of sp³-hybridized carbons (Fsp3) is 0.556. The van der Waals surface area contributed by atoms with E-state index >= 15 is 0 Å². The van der Waals surface area contributed by atoms with E-state index in [-0.39, 0.29) is 11.2 Å². The van der Waals surface area contributed by atoms with E-state index in [9.17, 15) is 13.2 Å². The van der Waals surface area contributed by atoms with Gasteiger partial charge in [0.15, 0.2) is 20.8 Å². The van der Waals surface area contributed by atoms with E-state index in [0.29, 0.717) is 33.7 Å². The van der Waals surface area contributed by atoms with Gasteiger partial charge in [-0.2, -0.15) is 0 Å². The number of thiazole rings is 1. The first-order valence-electron chi connectivity index (χ1n) is 12.7. The number of carbonyl (C=O) groups is 1. The lowest BCUT2D eigenvalue weighted by Gasteiger charge is -2.25. The van der Waals surface area contributed by atoms with Gasteiger partial charge in [-0.1, -0.05) is 37.5 Å². The highest BCUT2D eigenvalue weighted by Crippen LogP contribution is 2.39. The lowest BCUT2D eigenvalue weighted by molar-refractivity contribution is -0.160. The molecule has 2 aliphatic carbocycles. The minimum Gasteiger partial charge on any atom is -0.347 e. The van der Waals surface area contributed by atoms with Crippen molar-refractivity contribution in [2.24, 2.45) is 5.92 Å². The molecule has 1 aliphatic heterocycles. The highest BCUT2D eigenvalue weighted by molar-refractivity contribution is 7.92. The van der Waals surface area contributed by atoms with Crippen LogP contribution in [0.25, 0.3) is 5.57 Å². The molecule has 0 bridgehead atoms. The van der Waals surface area contributed by atoms with Gasteiger partial charge in [-0.25, -0.2) is 13.4 Å². The van der Waals surface area contributed by atoms with Crippen molar-refractivity contribution in [3.8, 4) is 0 Å². The van der Waals surface area contributed by atoms with E-state index in [2.05, 4.69) is 10.3 Å². The van der Waals surface area contributed by atoms with Gasteiger partial charge in [0.25, 0.3) is 5.91 Å². The molecule has 1 unspecified atom stereocenters. The van der Waals surface area contributed by atoms with E-state index in [4.69, 9.17) is 9.47 Å². The Kier molecular flexibility index (Phi) is 6.87. The Balaban J connectivity index is 1.37. The van der Waals surface area contributed by atoms with Crippen LogP contribution in [0.15, 0.2) is 40.6 Å². The van der Waals surface area contributed by atoms with Gasteiger partial charge in [-0.05, 0) is 70.1 Å². The fourth-order valence-corrected chi connectivity index (χ4v) is 7.82. The van der Waals surface area contributed by atoms with Gasteiger partial charge in [0.05, 0.1) is 22.4 Å². The average molecular weight is 531 g/mol. The molecule has 0 spiro atoms. The standard InChI is InChI=1S/C27H34N2O5S2/c1-26(2)33-17-27(3,34-26)23-16-35-25(28-23)29-24(30)22(15-18-7-4-5-8-18)19-11-13-21(14-12-19)36(31,32)20-9-6-10-20/h11-16,18,20H,4-10,17H2,1-3H3,(H,28,29,30)/b22-15+. The number of nitrogens with zero attached hydrogens (tertiary/aromatic N) is 1. The van der Waals surface area contributed by atoms with E-state index in [1.807, 2.05) is 32.2 Å². The van der Waals surface area contributed by atoms with Crippen molar-refractivity contribution >= 4 is 37.8 Å². The smallest absolute Gasteiger partial charge is 0.257 e. The summed E-state index contributed by atoms with van der Waals surface area (Å²) in [6, 6.07) is 6.79. The average Bonchev–Trinajstić information content (AvgIpc) is 3.52. The Labute approximate surface area is 217 Å². The van der Waals surface area contributed by atoms with Crippen molar-refractivity contribution in [1.82, 2.24) is 4.98 Å². The van der Waals surface area contributed by atoms with Crippen molar-refractivity contribution < 1.29 is 22.7 Å². The highest BCUT2D eigenvalue weighted by Gasteiger charge is 2.44. The molecule has 36 heavy (non-hydrogen) atoms. The highest BCUT2D eigenvalue weighted by atomic mass is 32.2. The summed E-state index contributed by atoms with van der Waals surface area (Å²) >= 11 is 1.35. The molecular weight excluding hydrogens is 496 g/mol. The second kappa shape index (κ2) is 9.67. The van der Waals surface area contributed by atoms with Crippen LogP contribution in [-0.4, -0.2) is 37.0 Å². The Hall–Kier alpha value is -2.07. The molecule has 2 aromatic rings. The first kappa shape index (κ1) is 25.6. The van der Waals surface area contributed by atoms with Crippen molar-refractivity contribution in [2.45, 2.75) is 87.3 Å². The number of aromatic nitrogens is 1. The van der Waals surface area contributed by atoms with Gasteiger partial charge in [-0.15, -0.1) is 11.3 Å². The topological polar surface area (TPSA) is 94.6 Å². The van der Waals surface area contributed by atoms with Crippen LogP contribution in [0.1, 0.15) is 77.0 Å². The van der Waals surface area contributed by atoms with Crippen LogP contribution in [0.3, 0.4) is 0 Å². The van der Waals surface area contributed by atoms with Gasteiger partial charge in [0.2, 0.25) is 0 Å². The van der Waals surface area contributed by atoms with Crippen LogP contribution in [-0.2, 0) is 29.7 Å². The van der Waals surface area contributed by atoms with Gasteiger partial charge in [0, 0.05) is 11.0 Å². The number of benzene rings is 1. The third kappa shape index (κ3) is 5.16. The van der Waals surface area contributed by atoms with Crippen LogP contribution < -0.4 is 5.32 Å². The monoisotopic (exact) mass is 530 g/mol. The number of rotatable bonds is 7. The maximum atomic E-state index is 13.5. The molecule has 0 radical (unpaired) electrons. The number of sulfone groups is 1. The number of ether oxygens (including phenoxy) is 2. The third-order valence-electron chi connectivity index (χ3n) is 7.46. The summed E-state index contributed by atoms with van der Waals surface area (Å²) in [7, 11) is -3.31. The molecule has 1 aromatic heterocycles. The first-order valence-corrected chi connectivity index (χ1v) is 15.2. The maximum Gasteiger partial charge on any atom is 0.257 e. The maximum absolute atomic E-state index is 13.5. The minimum atomic E-state index is -3.31. The molecular formula is C27H34N2O5S2. The fourth-order valence-electron chi connectivity index (χ4n) is 5.14. The summed E-state index contributed by atoms with van der Waals surface area (Å²) in [6.07, 6.45) is 8.87. The van der Waals surface area contributed by atoms with E-state index < -0.39 is 21.2 Å². The normalized spacial score (nSPS) is 25.1. The Morgan fingerprint density at radius 1 is 1.08 bits per heavy atom. The predicted octanol–water partition coefficient (Wildman–Crippen LogP) is 5.68. The van der Waals surface area contributed by atoms with Crippen LogP contribution in [0.4, 0.5) is 5.13 Å². The number of hydrogen-bond donors (Lipinski definition) is 1. The molecule has 194 valence electrons. The molecule has 5 rings (SSSR count). The Morgan fingerprint density at radius 3 is 2.36 bits per heavy atom. The van der Waals surface area contributed by atoms with Gasteiger partial charge in [0.1, 0.15) is 5.60 Å². The van der Waals surface area contributed by atoms with E-state index in [0.717, 1.165) is 50.6 Å². The molecule has 1 N–H and O–H groups in total. The van der Waals surface area contributed by atoms with E-state index in [1.165, 1.54) is 11.3 Å². The summed E-state index contributed by atoms with van der Waals surface area (Å²) in [6.45, 7) is 6.07. The van der Waals surface area contributed by atoms with Crippen LogP contribution in [0.5, 0.6) is 0 Å². The molecule has 1 aromatic carbocycles. The van der Waals surface area contributed by atoms with Gasteiger partial charge in [-0.3, -0.25) is 10.1 Å². The second-order valence-corrected chi connectivity index (χ2v) is 13.8. The summed E-state index contributed by atoms with van der Waals surface area (Å²) in [5, 5.41) is 5.07. The number of nitrogens with one attached hydrogen (secondary N) is 1. The van der Waals surface area contributed by atoms with Crippen LogP contribution >= 0.6 is 11.3 Å². The predicted molar refractivity (Wildman–Crippen MR) is 140 cm³/mol. The quantitative estimate of drug-likeness (QED) is 0.463. The zero-order valence-corrected chi connectivity index (χ0v) is 22.7. The first-order chi connectivity index (χ1) is 17.1. The Morgan fingerprint density at radius 2 is 1.78 bits per heavy atom. The zero-order valence-electron chi connectivity index (χ0n) is 21.1. The molecule has 1 saturated heterocycles. The van der Waals surface area contributed by atoms with Gasteiger partial charge < -0.3 is 9.47 Å². The summed E-state index contributed by atoms with van der Waals surface area (Å²) in [5.74, 6) is -0.593. The SMILES string of the molecule is CC1(C)OCC(C)(c2csc(NC(=O)/C(=C/C3CCCC3)c3ccc(S(=O)(=O)C4CCC4)cc3)n2)O1. The summed E-state index contributed by atoms with van der Waals surface area (Å²) < 4.78 is 37.4. The van der Waals surface area contributed by atoms with Crippen molar-refractivity contribution in [2.75, 3.05) is 11.9 Å². The molecule has 1 amide bonds. The lowest BCUT2D eigenvalue weighted by atomic mass is 9.98. The second-order valence-electron chi connectivity index (χ2n) is 10.8. The number of carbonyl (C=O) groups excluding carboxylic acids is 1. The molecule has 3 fully saturated rings. The summed E-state index contributed by atoms with van der Waals surface area (Å²) in [4.78, 5) is 18.4. The number of anilines is 1. The Bertz CT molecular complexity index is 1260. The van der Waals surface area contributed by atoms with Crippen molar-refractivity contribution in [3.05, 3.63) is 47.0 Å². The molecule has 7 nitrogen and oxygen atoms in total. The summed E-state index contributed by atoms with van der Waals surface area (Å²) in [5.41, 5.74) is 1.32. The molecule has 9 heteroatoms. The minimum absolute atomic E-state index is 0.244. The third-order valence-corrected chi connectivity index (χ3v) is 10.5. The largest absolute Gasteiger partial charge is 0.347 e. The van der Waals surface area contributed by atoms with Crippen LogP contribution in [0, 0.1) is 5.92 Å². The van der Waals surface area contributed by atoms with Crippen molar-refractivity contribution in [1.29, 1.82) is 0 Å². The number of hydrogen-bond acceptors (Lipinski definition) is 7.